The maximum absolute atomic E-state index is 5.47. The number of ether oxygens (including phenoxy) is 2. The molecule has 1 heterocycles. The number of rotatable bonds is 4. The van der Waals surface area contributed by atoms with Gasteiger partial charge in [-0.25, -0.2) is 9.98 Å². The highest BCUT2D eigenvalue weighted by Gasteiger charge is 2.30. The van der Waals surface area contributed by atoms with Gasteiger partial charge in [0.2, 0.25) is 11.8 Å². The number of aryl methyl sites for hydroxylation is 1. The molecule has 0 amide bonds. The molecule has 2 rings (SSSR count). The van der Waals surface area contributed by atoms with E-state index in [2.05, 4.69) is 41.9 Å². The molecule has 22 heavy (non-hydrogen) atoms. The van der Waals surface area contributed by atoms with Crippen molar-refractivity contribution < 1.29 is 9.47 Å². The molecule has 0 radical (unpaired) electrons. The Labute approximate surface area is 140 Å². The number of aliphatic imine (C=N–C) groups is 2. The summed E-state index contributed by atoms with van der Waals surface area (Å²) < 4.78 is 12.0. The number of halogens is 1. The number of methoxy groups -OCH3 is 2. The largest absolute Gasteiger partial charge is 0.483 e. The molecular weight excluding hydrogens is 344 g/mol. The van der Waals surface area contributed by atoms with Crippen molar-refractivity contribution in [3.8, 4) is 0 Å². The zero-order valence-corrected chi connectivity index (χ0v) is 15.1. The Hall–Kier alpha value is -1.36. The summed E-state index contributed by atoms with van der Waals surface area (Å²) in [7, 11) is 3.32. The third-order valence-corrected chi connectivity index (χ3v) is 4.23. The zero-order valence-electron chi connectivity index (χ0n) is 13.5. The van der Waals surface area contributed by atoms with Crippen molar-refractivity contribution in [2.45, 2.75) is 38.8 Å². The van der Waals surface area contributed by atoms with Crippen LogP contribution in [0, 0.1) is 5.92 Å². The lowest BCUT2D eigenvalue weighted by molar-refractivity contribution is 0.331. The maximum atomic E-state index is 5.47. The van der Waals surface area contributed by atoms with Crippen molar-refractivity contribution in [3.63, 3.8) is 0 Å². The van der Waals surface area contributed by atoms with Gasteiger partial charge in [0.05, 0.1) is 14.2 Å². The monoisotopic (exact) mass is 366 g/mol. The first-order valence-electron chi connectivity index (χ1n) is 7.53. The molecule has 2 atom stereocenters. The van der Waals surface area contributed by atoms with Gasteiger partial charge < -0.3 is 9.47 Å². The average Bonchev–Trinajstić information content (AvgIpc) is 2.51. The topological polar surface area (TPSA) is 43.2 Å². The third-order valence-electron chi connectivity index (χ3n) is 3.73. The van der Waals surface area contributed by atoms with Gasteiger partial charge in [0, 0.05) is 4.47 Å². The van der Waals surface area contributed by atoms with E-state index < -0.39 is 0 Å². The van der Waals surface area contributed by atoms with Crippen LogP contribution in [0.2, 0.25) is 0 Å². The van der Waals surface area contributed by atoms with Crippen LogP contribution < -0.4 is 0 Å². The van der Waals surface area contributed by atoms with Crippen molar-refractivity contribution in [2.75, 3.05) is 14.2 Å². The second kappa shape index (κ2) is 7.77. The lowest BCUT2D eigenvalue weighted by Crippen LogP contribution is -2.37. The molecule has 4 nitrogen and oxygen atoms in total. The zero-order chi connectivity index (χ0) is 16.1. The van der Waals surface area contributed by atoms with Crippen LogP contribution in [-0.4, -0.2) is 38.1 Å². The molecule has 0 unspecified atom stereocenters. The van der Waals surface area contributed by atoms with Gasteiger partial charge in [-0.05, 0) is 36.5 Å². The molecular formula is C17H23BrN2O2. The normalized spacial score (nSPS) is 21.4. The summed E-state index contributed by atoms with van der Waals surface area (Å²) in [5.74, 6) is 1.74. The molecule has 0 aliphatic carbocycles. The van der Waals surface area contributed by atoms with Gasteiger partial charge >= 0.3 is 0 Å². The summed E-state index contributed by atoms with van der Waals surface area (Å²) in [5.41, 5.74) is 1.27. The van der Waals surface area contributed by atoms with Gasteiger partial charge in [0.25, 0.3) is 0 Å². The number of nitrogens with zero attached hydrogens (tertiary/aromatic N) is 2. The highest BCUT2D eigenvalue weighted by molar-refractivity contribution is 9.10. The Morgan fingerprint density at radius 2 is 1.86 bits per heavy atom. The van der Waals surface area contributed by atoms with Crippen LogP contribution in [0.4, 0.5) is 0 Å². The number of hydrogen-bond donors (Lipinski definition) is 0. The van der Waals surface area contributed by atoms with Crippen LogP contribution in [0.3, 0.4) is 0 Å². The van der Waals surface area contributed by atoms with E-state index in [4.69, 9.17) is 19.5 Å². The second-order valence-corrected chi connectivity index (χ2v) is 6.63. The van der Waals surface area contributed by atoms with Crippen LogP contribution in [0.15, 0.2) is 38.7 Å². The molecule has 5 heteroatoms. The summed E-state index contributed by atoms with van der Waals surface area (Å²) in [5, 5.41) is 0. The van der Waals surface area contributed by atoms with Gasteiger partial charge in [-0.15, -0.1) is 0 Å². The van der Waals surface area contributed by atoms with Crippen LogP contribution in [0.25, 0.3) is 0 Å². The minimum Gasteiger partial charge on any atom is -0.483 e. The SMILES string of the molecule is COC1=N[C@H](C(C)C)C(OC)=N[C@H]1CCc1cccc(Br)c1. The fourth-order valence-corrected chi connectivity index (χ4v) is 2.99. The van der Waals surface area contributed by atoms with E-state index in [-0.39, 0.29) is 12.1 Å². The Morgan fingerprint density at radius 1 is 1.14 bits per heavy atom. The van der Waals surface area contributed by atoms with Crippen molar-refractivity contribution >= 4 is 27.7 Å². The molecule has 1 aliphatic rings. The Morgan fingerprint density at radius 3 is 2.45 bits per heavy atom. The first kappa shape index (κ1) is 17.0. The van der Waals surface area contributed by atoms with E-state index in [1.54, 1.807) is 14.2 Å². The summed E-state index contributed by atoms with van der Waals surface area (Å²) in [6.45, 7) is 4.22. The second-order valence-electron chi connectivity index (χ2n) is 5.72. The molecule has 0 aromatic heterocycles. The standard InChI is InChI=1S/C17H23BrN2O2/c1-11(2)15-17(22-4)19-14(16(20-15)21-3)9-8-12-6-5-7-13(18)10-12/h5-7,10-11,14-15H,8-9H2,1-4H3/t14-,15+/m0/s1. The van der Waals surface area contributed by atoms with E-state index in [0.717, 1.165) is 17.3 Å². The predicted octanol–water partition coefficient (Wildman–Crippen LogP) is 3.88. The Bertz CT molecular complexity index is 570. The van der Waals surface area contributed by atoms with Crippen LogP contribution in [0.5, 0.6) is 0 Å². The van der Waals surface area contributed by atoms with Crippen LogP contribution >= 0.6 is 15.9 Å². The molecule has 1 aromatic rings. The first-order chi connectivity index (χ1) is 10.5. The lowest BCUT2D eigenvalue weighted by Gasteiger charge is -2.27. The van der Waals surface area contributed by atoms with Crippen molar-refractivity contribution in [2.24, 2.45) is 15.9 Å². The number of hydrogen-bond acceptors (Lipinski definition) is 4. The minimum atomic E-state index is -0.0751. The summed E-state index contributed by atoms with van der Waals surface area (Å²) >= 11 is 3.50. The van der Waals surface area contributed by atoms with E-state index in [9.17, 15) is 0 Å². The van der Waals surface area contributed by atoms with Crippen molar-refractivity contribution in [1.29, 1.82) is 0 Å². The maximum Gasteiger partial charge on any atom is 0.209 e. The molecule has 0 fully saturated rings. The van der Waals surface area contributed by atoms with E-state index >= 15 is 0 Å². The van der Waals surface area contributed by atoms with E-state index in [1.807, 2.05) is 12.1 Å². The quantitative estimate of drug-likeness (QED) is 0.811. The fraction of sp³-hybridized carbons (Fsp3) is 0.529. The first-order valence-corrected chi connectivity index (χ1v) is 8.32. The summed E-state index contributed by atoms with van der Waals surface area (Å²) in [6, 6.07) is 8.19. The third kappa shape index (κ3) is 4.09. The summed E-state index contributed by atoms with van der Waals surface area (Å²) in [4.78, 5) is 9.41. The van der Waals surface area contributed by atoms with Gasteiger partial charge in [0.1, 0.15) is 12.1 Å². The Balaban J connectivity index is 2.12. The predicted molar refractivity (Wildman–Crippen MR) is 93.8 cm³/mol. The number of benzene rings is 1. The van der Waals surface area contributed by atoms with Crippen molar-refractivity contribution in [3.05, 3.63) is 34.3 Å². The van der Waals surface area contributed by atoms with Crippen molar-refractivity contribution in [1.82, 2.24) is 0 Å². The fourth-order valence-electron chi connectivity index (χ4n) is 2.54. The summed E-state index contributed by atoms with van der Waals surface area (Å²) in [6.07, 6.45) is 1.76. The molecule has 0 saturated heterocycles. The van der Waals surface area contributed by atoms with E-state index in [0.29, 0.717) is 17.7 Å². The van der Waals surface area contributed by atoms with Gasteiger partial charge in [0.15, 0.2) is 0 Å². The Kier molecular flexibility index (Phi) is 6.00. The molecule has 0 saturated carbocycles. The molecule has 0 spiro atoms. The van der Waals surface area contributed by atoms with Gasteiger partial charge in [-0.2, -0.15) is 0 Å². The van der Waals surface area contributed by atoms with Gasteiger partial charge in [-0.3, -0.25) is 0 Å². The molecule has 1 aliphatic heterocycles. The average molecular weight is 367 g/mol. The smallest absolute Gasteiger partial charge is 0.209 e. The highest BCUT2D eigenvalue weighted by atomic mass is 79.9. The highest BCUT2D eigenvalue weighted by Crippen LogP contribution is 2.21. The van der Waals surface area contributed by atoms with Crippen LogP contribution in [-0.2, 0) is 15.9 Å². The molecule has 120 valence electrons. The van der Waals surface area contributed by atoms with E-state index in [1.165, 1.54) is 5.56 Å². The van der Waals surface area contributed by atoms with Crippen LogP contribution in [0.1, 0.15) is 25.8 Å². The lowest BCUT2D eigenvalue weighted by atomic mass is 10.0. The molecule has 0 bridgehead atoms. The minimum absolute atomic E-state index is 0.0536. The molecule has 1 aromatic carbocycles. The van der Waals surface area contributed by atoms with Gasteiger partial charge in [-0.1, -0.05) is 41.9 Å². The molecule has 0 N–H and O–H groups in total.